The number of ether oxygens (including phenoxy) is 1. The Balaban J connectivity index is 0.00000529. The summed E-state index contributed by atoms with van der Waals surface area (Å²) in [6.45, 7) is 4.13. The third-order valence-electron chi connectivity index (χ3n) is 3.22. The Hall–Kier alpha value is -1.35. The summed E-state index contributed by atoms with van der Waals surface area (Å²) in [5.41, 5.74) is 6.09. The quantitative estimate of drug-likeness (QED) is 0.717. The molecule has 1 amide bonds. The van der Waals surface area contributed by atoms with Crippen molar-refractivity contribution >= 4 is 34.0 Å². The van der Waals surface area contributed by atoms with Crippen LogP contribution in [0.4, 0.5) is 5.69 Å². The van der Waals surface area contributed by atoms with Crippen molar-refractivity contribution in [2.24, 2.45) is 5.73 Å². The summed E-state index contributed by atoms with van der Waals surface area (Å²) in [5, 5.41) is 2.66. The van der Waals surface area contributed by atoms with E-state index in [9.17, 15) is 13.2 Å². The van der Waals surface area contributed by atoms with Crippen LogP contribution in [0.25, 0.3) is 0 Å². The van der Waals surface area contributed by atoms with E-state index >= 15 is 0 Å². The van der Waals surface area contributed by atoms with Gasteiger partial charge in [-0.25, -0.2) is 12.7 Å². The lowest BCUT2D eigenvalue weighted by Crippen LogP contribution is -2.35. The number of rotatable bonds is 8. The first-order valence-electron chi connectivity index (χ1n) is 7.49. The first kappa shape index (κ1) is 22.6. The minimum absolute atomic E-state index is 0. The molecule has 9 heteroatoms. The van der Waals surface area contributed by atoms with Crippen LogP contribution in [0.3, 0.4) is 0 Å². The van der Waals surface area contributed by atoms with Crippen LogP contribution in [0.5, 0.6) is 5.75 Å². The van der Waals surface area contributed by atoms with Gasteiger partial charge < -0.3 is 15.8 Å². The lowest BCUT2D eigenvalue weighted by atomic mass is 10.1. The van der Waals surface area contributed by atoms with Gasteiger partial charge in [-0.2, -0.15) is 0 Å². The Bertz CT molecular complexity index is 650. The number of carbonyl (C=O) groups excluding carboxylic acids is 1. The van der Waals surface area contributed by atoms with Crippen LogP contribution in [-0.2, 0) is 14.8 Å². The molecule has 138 valence electrons. The van der Waals surface area contributed by atoms with E-state index in [1.54, 1.807) is 6.92 Å². The summed E-state index contributed by atoms with van der Waals surface area (Å²) in [7, 11) is -0.711. The monoisotopic (exact) mass is 379 g/mol. The summed E-state index contributed by atoms with van der Waals surface area (Å²) >= 11 is 0. The molecular formula is C15H26ClN3O4S. The molecule has 1 aromatic rings. The molecule has 0 bridgehead atoms. The molecule has 3 N–H and O–H groups in total. The van der Waals surface area contributed by atoms with Crippen LogP contribution in [0.2, 0.25) is 0 Å². The number of nitrogens with one attached hydrogen (secondary N) is 1. The Morgan fingerprint density at radius 3 is 2.46 bits per heavy atom. The normalized spacial score (nSPS) is 12.4. The number of anilines is 1. The molecule has 0 aliphatic carbocycles. The molecule has 0 spiro atoms. The number of carbonyl (C=O) groups is 1. The summed E-state index contributed by atoms with van der Waals surface area (Å²) in [6, 6.07) is 3.71. The Labute approximate surface area is 150 Å². The molecule has 0 saturated heterocycles. The number of sulfonamides is 1. The fourth-order valence-electron chi connectivity index (χ4n) is 1.93. The van der Waals surface area contributed by atoms with Gasteiger partial charge in [0.15, 0.2) is 0 Å². The van der Waals surface area contributed by atoms with Gasteiger partial charge in [0.2, 0.25) is 15.9 Å². The van der Waals surface area contributed by atoms with Crippen LogP contribution < -0.4 is 15.8 Å². The van der Waals surface area contributed by atoms with Crippen molar-refractivity contribution in [2.75, 3.05) is 26.0 Å². The highest BCUT2D eigenvalue weighted by atomic mass is 35.5. The van der Waals surface area contributed by atoms with E-state index in [1.165, 1.54) is 32.3 Å². The second-order valence-electron chi connectivity index (χ2n) is 5.26. The molecule has 0 aliphatic heterocycles. The van der Waals surface area contributed by atoms with Crippen molar-refractivity contribution in [2.45, 2.75) is 37.6 Å². The molecule has 24 heavy (non-hydrogen) atoms. The van der Waals surface area contributed by atoms with Gasteiger partial charge >= 0.3 is 0 Å². The zero-order chi connectivity index (χ0) is 17.6. The van der Waals surface area contributed by atoms with Crippen molar-refractivity contribution in [1.82, 2.24) is 4.31 Å². The van der Waals surface area contributed by atoms with Crippen LogP contribution in [0.15, 0.2) is 23.1 Å². The predicted molar refractivity (Wildman–Crippen MR) is 97.2 cm³/mol. The summed E-state index contributed by atoms with van der Waals surface area (Å²) in [6.07, 6.45) is 1.33. The van der Waals surface area contributed by atoms with Crippen molar-refractivity contribution in [1.29, 1.82) is 0 Å². The molecule has 7 nitrogen and oxygen atoms in total. The molecular weight excluding hydrogens is 354 g/mol. The lowest BCUT2D eigenvalue weighted by Gasteiger charge is -2.17. The first-order chi connectivity index (χ1) is 10.7. The fraction of sp³-hybridized carbons (Fsp3) is 0.533. The average Bonchev–Trinajstić information content (AvgIpc) is 2.49. The van der Waals surface area contributed by atoms with Gasteiger partial charge in [0.25, 0.3) is 0 Å². The van der Waals surface area contributed by atoms with E-state index < -0.39 is 16.1 Å². The average molecular weight is 380 g/mol. The maximum absolute atomic E-state index is 12.2. The molecule has 0 saturated carbocycles. The Kier molecular flexibility index (Phi) is 9.27. The topological polar surface area (TPSA) is 102 Å². The minimum atomic E-state index is -3.60. The van der Waals surface area contributed by atoms with Gasteiger partial charge in [-0.05, 0) is 31.5 Å². The third kappa shape index (κ3) is 5.62. The molecule has 0 aromatic heterocycles. The predicted octanol–water partition coefficient (Wildman–Crippen LogP) is 1.82. The molecule has 0 radical (unpaired) electrons. The van der Waals surface area contributed by atoms with Crippen molar-refractivity contribution in [3.63, 3.8) is 0 Å². The van der Waals surface area contributed by atoms with Gasteiger partial charge in [-0.15, -0.1) is 12.4 Å². The number of hydrogen-bond donors (Lipinski definition) is 2. The standard InChI is InChI=1S/C15H25N3O4S.ClH/c1-5-7-12(16)15(19)17-13-10-11(23(20,21)18(3)4)8-9-14(13)22-6-2;/h8-10,12H,5-7,16H2,1-4H3,(H,17,19);1H. The van der Waals surface area contributed by atoms with Crippen LogP contribution in [0, 0.1) is 0 Å². The van der Waals surface area contributed by atoms with Crippen molar-refractivity contribution < 1.29 is 17.9 Å². The van der Waals surface area contributed by atoms with Gasteiger partial charge in [0.1, 0.15) is 5.75 Å². The highest BCUT2D eigenvalue weighted by molar-refractivity contribution is 7.89. The van der Waals surface area contributed by atoms with Crippen LogP contribution >= 0.6 is 12.4 Å². The van der Waals surface area contributed by atoms with Gasteiger partial charge in [-0.3, -0.25) is 4.79 Å². The number of hydrogen-bond acceptors (Lipinski definition) is 5. The van der Waals surface area contributed by atoms with E-state index in [1.807, 2.05) is 6.92 Å². The number of halogens is 1. The fourth-order valence-corrected chi connectivity index (χ4v) is 2.86. The second-order valence-corrected chi connectivity index (χ2v) is 7.41. The summed E-state index contributed by atoms with van der Waals surface area (Å²) in [4.78, 5) is 12.2. The van der Waals surface area contributed by atoms with Crippen molar-refractivity contribution in [3.8, 4) is 5.75 Å². The number of benzene rings is 1. The number of nitrogens with zero attached hydrogens (tertiary/aromatic N) is 1. The molecule has 0 aliphatic rings. The van der Waals surface area contributed by atoms with Crippen LogP contribution in [-0.4, -0.2) is 45.4 Å². The van der Waals surface area contributed by atoms with Crippen molar-refractivity contribution in [3.05, 3.63) is 18.2 Å². The molecule has 1 unspecified atom stereocenters. The second kappa shape index (κ2) is 9.83. The lowest BCUT2D eigenvalue weighted by molar-refractivity contribution is -0.117. The van der Waals surface area contributed by atoms with E-state index in [-0.39, 0.29) is 23.2 Å². The molecule has 1 aromatic carbocycles. The maximum atomic E-state index is 12.2. The van der Waals surface area contributed by atoms with E-state index in [4.69, 9.17) is 10.5 Å². The molecule has 0 fully saturated rings. The SMILES string of the molecule is CCCC(N)C(=O)Nc1cc(S(=O)(=O)N(C)C)ccc1OCC.Cl. The highest BCUT2D eigenvalue weighted by Crippen LogP contribution is 2.29. The Morgan fingerprint density at radius 1 is 1.33 bits per heavy atom. The molecule has 0 heterocycles. The minimum Gasteiger partial charge on any atom is -0.492 e. The van der Waals surface area contributed by atoms with Gasteiger partial charge in [-0.1, -0.05) is 13.3 Å². The van der Waals surface area contributed by atoms with E-state index in [2.05, 4.69) is 5.32 Å². The highest BCUT2D eigenvalue weighted by Gasteiger charge is 2.21. The summed E-state index contributed by atoms with van der Waals surface area (Å²) in [5.74, 6) is 0.0365. The summed E-state index contributed by atoms with van der Waals surface area (Å²) < 4.78 is 31.0. The molecule has 1 rings (SSSR count). The maximum Gasteiger partial charge on any atom is 0.242 e. The van der Waals surface area contributed by atoms with E-state index in [0.29, 0.717) is 24.5 Å². The zero-order valence-electron chi connectivity index (χ0n) is 14.4. The van der Waals surface area contributed by atoms with Gasteiger partial charge in [0.05, 0.1) is 23.2 Å². The van der Waals surface area contributed by atoms with Gasteiger partial charge in [0, 0.05) is 14.1 Å². The number of amides is 1. The third-order valence-corrected chi connectivity index (χ3v) is 5.03. The van der Waals surface area contributed by atoms with E-state index in [0.717, 1.165) is 10.7 Å². The smallest absolute Gasteiger partial charge is 0.242 e. The first-order valence-corrected chi connectivity index (χ1v) is 8.93. The zero-order valence-corrected chi connectivity index (χ0v) is 16.0. The largest absolute Gasteiger partial charge is 0.492 e. The molecule has 1 atom stereocenters. The number of nitrogens with two attached hydrogens (primary N) is 1. The van der Waals surface area contributed by atoms with Crippen LogP contribution in [0.1, 0.15) is 26.7 Å². The Morgan fingerprint density at radius 2 is 1.96 bits per heavy atom.